The molecule has 0 spiro atoms. The van der Waals surface area contributed by atoms with E-state index in [1.54, 1.807) is 24.3 Å². The van der Waals surface area contributed by atoms with Gasteiger partial charge >= 0.3 is 0 Å². The van der Waals surface area contributed by atoms with Gasteiger partial charge in [-0.3, -0.25) is 4.79 Å². The minimum absolute atomic E-state index is 0.104. The van der Waals surface area contributed by atoms with Crippen molar-refractivity contribution in [2.24, 2.45) is 0 Å². The summed E-state index contributed by atoms with van der Waals surface area (Å²) in [5.74, 6) is 0.262. The molecule has 122 valence electrons. The van der Waals surface area contributed by atoms with Gasteiger partial charge in [-0.05, 0) is 61.1 Å². The van der Waals surface area contributed by atoms with Crippen LogP contribution in [0, 0.1) is 0 Å². The molecule has 4 heteroatoms. The lowest BCUT2D eigenvalue weighted by molar-refractivity contribution is -0.119. The van der Waals surface area contributed by atoms with E-state index in [4.69, 9.17) is 0 Å². The van der Waals surface area contributed by atoms with Crippen molar-refractivity contribution in [2.45, 2.75) is 38.5 Å². The number of hydrogen-bond donors (Lipinski definition) is 3. The number of phenolic OH excluding ortho intramolecular Hbond substituents is 3. The van der Waals surface area contributed by atoms with Gasteiger partial charge in [-0.1, -0.05) is 18.2 Å². The summed E-state index contributed by atoms with van der Waals surface area (Å²) in [6.45, 7) is 0. The van der Waals surface area contributed by atoms with E-state index in [9.17, 15) is 20.1 Å². The number of aromatic hydroxyl groups is 3. The Morgan fingerprint density at radius 3 is 2.13 bits per heavy atom. The third-order valence-electron chi connectivity index (χ3n) is 3.84. The molecule has 0 radical (unpaired) electrons. The smallest absolute Gasteiger partial charge is 0.157 e. The standard InChI is InChI=1S/C19H22O4/c20-16(9-5-14-6-10-17(21)11-7-14)4-2-1-3-15-8-12-18(22)19(23)13-15/h6-8,10-13,21-23H,1-5,9H2. The number of carbonyl (C=O) groups excluding carboxylic acids is 1. The maximum absolute atomic E-state index is 11.9. The molecule has 0 amide bonds. The first-order valence-electron chi connectivity index (χ1n) is 7.85. The summed E-state index contributed by atoms with van der Waals surface area (Å²) in [5, 5.41) is 27.9. The van der Waals surface area contributed by atoms with Crippen molar-refractivity contribution in [1.29, 1.82) is 0 Å². The average molecular weight is 314 g/mol. The van der Waals surface area contributed by atoms with E-state index in [0.29, 0.717) is 19.3 Å². The number of carbonyl (C=O) groups is 1. The van der Waals surface area contributed by atoms with Gasteiger partial charge in [-0.15, -0.1) is 0 Å². The lowest BCUT2D eigenvalue weighted by Gasteiger charge is -2.04. The van der Waals surface area contributed by atoms with Crippen LogP contribution in [0.15, 0.2) is 42.5 Å². The fourth-order valence-corrected chi connectivity index (χ4v) is 2.45. The van der Waals surface area contributed by atoms with E-state index >= 15 is 0 Å². The summed E-state index contributed by atoms with van der Waals surface area (Å²) in [6.07, 6.45) is 4.24. The van der Waals surface area contributed by atoms with Crippen molar-refractivity contribution in [2.75, 3.05) is 0 Å². The van der Waals surface area contributed by atoms with Crippen LogP contribution in [-0.4, -0.2) is 21.1 Å². The maximum atomic E-state index is 11.9. The van der Waals surface area contributed by atoms with Crippen LogP contribution in [0.5, 0.6) is 17.2 Å². The molecule has 2 rings (SSSR count). The summed E-state index contributed by atoms with van der Waals surface area (Å²) in [4.78, 5) is 11.9. The third kappa shape index (κ3) is 5.66. The van der Waals surface area contributed by atoms with Crippen molar-refractivity contribution in [3.8, 4) is 17.2 Å². The lowest BCUT2D eigenvalue weighted by atomic mass is 10.0. The highest BCUT2D eigenvalue weighted by Crippen LogP contribution is 2.25. The van der Waals surface area contributed by atoms with Gasteiger partial charge in [-0.25, -0.2) is 0 Å². The molecule has 0 atom stereocenters. The zero-order valence-corrected chi connectivity index (χ0v) is 13.0. The Kier molecular flexibility index (Phi) is 6.03. The van der Waals surface area contributed by atoms with Gasteiger partial charge in [0.2, 0.25) is 0 Å². The highest BCUT2D eigenvalue weighted by Gasteiger charge is 2.04. The van der Waals surface area contributed by atoms with E-state index in [1.165, 1.54) is 6.07 Å². The second-order valence-corrected chi connectivity index (χ2v) is 5.74. The predicted molar refractivity (Wildman–Crippen MR) is 88.8 cm³/mol. The molecule has 23 heavy (non-hydrogen) atoms. The first-order valence-corrected chi connectivity index (χ1v) is 7.85. The molecular formula is C19H22O4. The minimum Gasteiger partial charge on any atom is -0.508 e. The molecule has 0 unspecified atom stereocenters. The van der Waals surface area contributed by atoms with Crippen molar-refractivity contribution in [3.63, 3.8) is 0 Å². The van der Waals surface area contributed by atoms with Gasteiger partial charge in [0, 0.05) is 12.8 Å². The summed E-state index contributed by atoms with van der Waals surface area (Å²) in [6, 6.07) is 11.7. The Bertz CT molecular complexity index is 647. The van der Waals surface area contributed by atoms with Crippen LogP contribution in [0.3, 0.4) is 0 Å². The van der Waals surface area contributed by atoms with Gasteiger partial charge in [0.15, 0.2) is 11.5 Å². The number of aryl methyl sites for hydroxylation is 2. The maximum Gasteiger partial charge on any atom is 0.157 e. The van der Waals surface area contributed by atoms with Crippen LogP contribution in [-0.2, 0) is 17.6 Å². The SMILES string of the molecule is O=C(CCCCc1ccc(O)c(O)c1)CCc1ccc(O)cc1. The number of ketones is 1. The van der Waals surface area contributed by atoms with Gasteiger partial charge < -0.3 is 15.3 Å². The predicted octanol–water partition coefficient (Wildman–Crippen LogP) is 3.72. The molecule has 2 aromatic carbocycles. The minimum atomic E-state index is -0.113. The monoisotopic (exact) mass is 314 g/mol. The Balaban J connectivity index is 1.64. The number of rotatable bonds is 8. The molecule has 0 bridgehead atoms. The quantitative estimate of drug-likeness (QED) is 0.512. The molecule has 0 heterocycles. The number of hydrogen-bond acceptors (Lipinski definition) is 4. The summed E-state index contributed by atoms with van der Waals surface area (Å²) in [5.41, 5.74) is 2.01. The number of Topliss-reactive ketones (excluding diaryl/α,β-unsaturated/α-hetero) is 1. The van der Waals surface area contributed by atoms with E-state index in [0.717, 1.165) is 30.4 Å². The normalized spacial score (nSPS) is 10.6. The van der Waals surface area contributed by atoms with Crippen molar-refractivity contribution < 1.29 is 20.1 Å². The Morgan fingerprint density at radius 1 is 0.739 bits per heavy atom. The Labute approximate surface area is 136 Å². The van der Waals surface area contributed by atoms with Crippen LogP contribution >= 0.6 is 0 Å². The van der Waals surface area contributed by atoms with Crippen molar-refractivity contribution in [1.82, 2.24) is 0 Å². The van der Waals surface area contributed by atoms with Gasteiger partial charge in [0.1, 0.15) is 11.5 Å². The van der Waals surface area contributed by atoms with Gasteiger partial charge in [-0.2, -0.15) is 0 Å². The first-order chi connectivity index (χ1) is 11.0. The van der Waals surface area contributed by atoms with Gasteiger partial charge in [0.25, 0.3) is 0 Å². The van der Waals surface area contributed by atoms with E-state index in [-0.39, 0.29) is 23.0 Å². The molecular weight excluding hydrogens is 292 g/mol. The number of phenols is 3. The molecule has 0 aliphatic rings. The second kappa shape index (κ2) is 8.22. The molecule has 0 aliphatic carbocycles. The first kappa shape index (κ1) is 16.9. The van der Waals surface area contributed by atoms with Crippen LogP contribution in [0.4, 0.5) is 0 Å². The van der Waals surface area contributed by atoms with Crippen LogP contribution in [0.1, 0.15) is 36.8 Å². The molecule has 4 nitrogen and oxygen atoms in total. The Hall–Kier alpha value is -2.49. The van der Waals surface area contributed by atoms with E-state index < -0.39 is 0 Å². The van der Waals surface area contributed by atoms with E-state index in [2.05, 4.69) is 0 Å². The largest absolute Gasteiger partial charge is 0.508 e. The summed E-state index contributed by atoms with van der Waals surface area (Å²) >= 11 is 0. The molecule has 0 saturated heterocycles. The van der Waals surface area contributed by atoms with Crippen molar-refractivity contribution in [3.05, 3.63) is 53.6 Å². The zero-order valence-electron chi connectivity index (χ0n) is 13.0. The third-order valence-corrected chi connectivity index (χ3v) is 3.84. The van der Waals surface area contributed by atoms with Crippen LogP contribution in [0.2, 0.25) is 0 Å². The van der Waals surface area contributed by atoms with Crippen LogP contribution < -0.4 is 0 Å². The second-order valence-electron chi connectivity index (χ2n) is 5.74. The Morgan fingerprint density at radius 2 is 1.43 bits per heavy atom. The van der Waals surface area contributed by atoms with Gasteiger partial charge in [0.05, 0.1) is 0 Å². The summed E-state index contributed by atoms with van der Waals surface area (Å²) in [7, 11) is 0. The lowest BCUT2D eigenvalue weighted by Crippen LogP contribution is -2.00. The average Bonchev–Trinajstić information content (AvgIpc) is 2.54. The summed E-state index contributed by atoms with van der Waals surface area (Å²) < 4.78 is 0. The van der Waals surface area contributed by atoms with Crippen LogP contribution in [0.25, 0.3) is 0 Å². The fourth-order valence-electron chi connectivity index (χ4n) is 2.45. The number of unbranched alkanes of at least 4 members (excludes halogenated alkanes) is 1. The highest BCUT2D eigenvalue weighted by atomic mass is 16.3. The molecule has 0 saturated carbocycles. The molecule has 0 fully saturated rings. The fraction of sp³-hybridized carbons (Fsp3) is 0.316. The molecule has 0 aromatic heterocycles. The molecule has 0 aliphatic heterocycles. The van der Waals surface area contributed by atoms with E-state index in [1.807, 2.05) is 12.1 Å². The topological polar surface area (TPSA) is 77.8 Å². The zero-order chi connectivity index (χ0) is 16.7. The molecule has 3 N–H and O–H groups in total. The number of benzene rings is 2. The highest BCUT2D eigenvalue weighted by molar-refractivity contribution is 5.78. The molecule has 2 aromatic rings. The van der Waals surface area contributed by atoms with Crippen molar-refractivity contribution >= 4 is 5.78 Å².